The topological polar surface area (TPSA) is 79.5 Å². The van der Waals surface area contributed by atoms with Gasteiger partial charge >= 0.3 is 6.18 Å². The quantitative estimate of drug-likeness (QED) is 0.534. The van der Waals surface area contributed by atoms with Gasteiger partial charge in [-0.25, -0.2) is 4.98 Å². The van der Waals surface area contributed by atoms with E-state index in [1.807, 2.05) is 0 Å². The molecule has 1 aromatic carbocycles. The molecule has 1 aliphatic carbocycles. The molecule has 3 aromatic rings. The minimum Gasteiger partial charge on any atom is -0.455 e. The number of rotatable bonds is 4. The molecule has 1 aliphatic rings. The van der Waals surface area contributed by atoms with Crippen LogP contribution in [0, 0.1) is 6.92 Å². The van der Waals surface area contributed by atoms with Crippen LogP contribution in [0.2, 0.25) is 0 Å². The highest BCUT2D eigenvalue weighted by atomic mass is 32.1. The number of halogens is 3. The fraction of sp³-hybridized carbons (Fsp3) is 0.250. The van der Waals surface area contributed by atoms with Crippen LogP contribution in [0.3, 0.4) is 0 Å². The van der Waals surface area contributed by atoms with Gasteiger partial charge in [0.25, 0.3) is 5.91 Å². The van der Waals surface area contributed by atoms with Crippen LogP contribution < -0.4 is 10.7 Å². The van der Waals surface area contributed by atoms with Crippen LogP contribution >= 0.6 is 11.3 Å². The SMILES string of the molecule is Cc1c(C(=O)Nc2nccs2)oc2c1/C(=N/Nc1cccc(C(F)(F)F)c1)CCC2. The number of hydrogen-bond acceptors (Lipinski definition) is 6. The van der Waals surface area contributed by atoms with Crippen LogP contribution in [-0.4, -0.2) is 16.6 Å². The van der Waals surface area contributed by atoms with Crippen molar-refractivity contribution < 1.29 is 22.4 Å². The zero-order valence-corrected chi connectivity index (χ0v) is 16.7. The summed E-state index contributed by atoms with van der Waals surface area (Å²) < 4.78 is 44.5. The summed E-state index contributed by atoms with van der Waals surface area (Å²) in [7, 11) is 0. The number of fused-ring (bicyclic) bond motifs is 1. The molecule has 6 nitrogen and oxygen atoms in total. The second-order valence-electron chi connectivity index (χ2n) is 6.75. The van der Waals surface area contributed by atoms with Gasteiger partial charge in [-0.1, -0.05) is 6.07 Å². The number of thiazole rings is 1. The van der Waals surface area contributed by atoms with Gasteiger partial charge in [-0.05, 0) is 38.0 Å². The first-order valence-electron chi connectivity index (χ1n) is 9.16. The van der Waals surface area contributed by atoms with Gasteiger partial charge in [-0.15, -0.1) is 11.3 Å². The molecule has 10 heteroatoms. The van der Waals surface area contributed by atoms with Crippen LogP contribution in [0.25, 0.3) is 0 Å². The van der Waals surface area contributed by atoms with Gasteiger partial charge in [0.1, 0.15) is 5.76 Å². The molecule has 0 spiro atoms. The summed E-state index contributed by atoms with van der Waals surface area (Å²) in [6.07, 6.45) is -0.805. The fourth-order valence-electron chi connectivity index (χ4n) is 3.33. The molecule has 0 saturated carbocycles. The molecule has 2 aromatic heterocycles. The van der Waals surface area contributed by atoms with Crippen LogP contribution in [0.15, 0.2) is 45.4 Å². The molecule has 0 fully saturated rings. The third-order valence-electron chi connectivity index (χ3n) is 4.69. The molecule has 0 atom stereocenters. The number of aromatic nitrogens is 1. The number of hydrogen-bond donors (Lipinski definition) is 2. The molecule has 0 aliphatic heterocycles. The van der Waals surface area contributed by atoms with Crippen molar-refractivity contribution in [3.63, 3.8) is 0 Å². The van der Waals surface area contributed by atoms with Crippen molar-refractivity contribution in [3.05, 3.63) is 64.1 Å². The standard InChI is InChI=1S/C20H17F3N4O2S/c1-11-16-14(27-26-13-5-2-4-12(10-13)20(21,22)23)6-3-7-15(16)29-17(11)18(28)25-19-24-8-9-30-19/h2,4-5,8-10,26H,3,6-7H2,1H3,(H,24,25,28)/b27-14+. The third kappa shape index (κ3) is 4.09. The van der Waals surface area contributed by atoms with Gasteiger partial charge in [0, 0.05) is 29.1 Å². The van der Waals surface area contributed by atoms with Crippen molar-refractivity contribution in [2.45, 2.75) is 32.4 Å². The number of alkyl halides is 3. The predicted octanol–water partition coefficient (Wildman–Crippen LogP) is 5.47. The highest BCUT2D eigenvalue weighted by molar-refractivity contribution is 7.13. The fourth-order valence-corrected chi connectivity index (χ4v) is 3.86. The normalized spacial score (nSPS) is 15.1. The van der Waals surface area contributed by atoms with Gasteiger partial charge in [-0.3, -0.25) is 15.5 Å². The first kappa shape index (κ1) is 20.1. The van der Waals surface area contributed by atoms with E-state index in [-0.39, 0.29) is 11.4 Å². The largest absolute Gasteiger partial charge is 0.455 e. The average Bonchev–Trinajstić information content (AvgIpc) is 3.34. The Bertz CT molecular complexity index is 1100. The Morgan fingerprint density at radius 3 is 2.87 bits per heavy atom. The lowest BCUT2D eigenvalue weighted by molar-refractivity contribution is -0.137. The number of nitrogens with one attached hydrogen (secondary N) is 2. The number of benzene rings is 1. The van der Waals surface area contributed by atoms with E-state index in [4.69, 9.17) is 4.42 Å². The van der Waals surface area contributed by atoms with E-state index >= 15 is 0 Å². The number of carbonyl (C=O) groups excluding carboxylic acids is 1. The van der Waals surface area contributed by atoms with Crippen LogP contribution in [0.4, 0.5) is 24.0 Å². The lowest BCUT2D eigenvalue weighted by atomic mass is 9.93. The molecule has 0 bridgehead atoms. The Morgan fingerprint density at radius 2 is 2.13 bits per heavy atom. The van der Waals surface area contributed by atoms with E-state index < -0.39 is 17.6 Å². The smallest absolute Gasteiger partial charge is 0.416 e. The lowest BCUT2D eigenvalue weighted by Crippen LogP contribution is -2.14. The van der Waals surface area contributed by atoms with Crippen molar-refractivity contribution in [2.24, 2.45) is 5.10 Å². The molecule has 156 valence electrons. The molecule has 2 heterocycles. The van der Waals surface area contributed by atoms with Crippen molar-refractivity contribution in [2.75, 3.05) is 10.7 Å². The maximum atomic E-state index is 12.9. The third-order valence-corrected chi connectivity index (χ3v) is 5.38. The Morgan fingerprint density at radius 1 is 1.30 bits per heavy atom. The summed E-state index contributed by atoms with van der Waals surface area (Å²) in [6.45, 7) is 1.77. The summed E-state index contributed by atoms with van der Waals surface area (Å²) in [4.78, 5) is 16.6. The zero-order valence-electron chi connectivity index (χ0n) is 15.8. The van der Waals surface area contributed by atoms with Crippen LogP contribution in [-0.2, 0) is 12.6 Å². The molecule has 0 radical (unpaired) electrons. The number of aryl methyl sites for hydroxylation is 1. The number of amides is 1. The maximum Gasteiger partial charge on any atom is 0.416 e. The average molecular weight is 434 g/mol. The van der Waals surface area contributed by atoms with Gasteiger partial charge in [-0.2, -0.15) is 18.3 Å². The van der Waals surface area contributed by atoms with E-state index in [1.54, 1.807) is 18.5 Å². The number of anilines is 2. The number of nitrogens with zero attached hydrogens (tertiary/aromatic N) is 2. The van der Waals surface area contributed by atoms with Crippen molar-refractivity contribution in [3.8, 4) is 0 Å². The number of hydrazone groups is 1. The first-order chi connectivity index (χ1) is 14.3. The summed E-state index contributed by atoms with van der Waals surface area (Å²) >= 11 is 1.30. The minimum atomic E-state index is -4.43. The highest BCUT2D eigenvalue weighted by Gasteiger charge is 2.31. The Balaban J connectivity index is 1.59. The van der Waals surface area contributed by atoms with Gasteiger partial charge in [0.05, 0.1) is 17.0 Å². The summed E-state index contributed by atoms with van der Waals surface area (Å²) in [5.74, 6) is 0.429. The number of carbonyl (C=O) groups is 1. The Kier molecular flexibility index (Phi) is 5.33. The summed E-state index contributed by atoms with van der Waals surface area (Å²) in [5, 5.41) is 9.23. The first-order valence-corrected chi connectivity index (χ1v) is 10.0. The van der Waals surface area contributed by atoms with Crippen molar-refractivity contribution in [1.29, 1.82) is 0 Å². The van der Waals surface area contributed by atoms with Crippen LogP contribution in [0.1, 0.15) is 45.8 Å². The van der Waals surface area contributed by atoms with Gasteiger partial charge < -0.3 is 4.42 Å². The summed E-state index contributed by atoms with van der Waals surface area (Å²) in [6, 6.07) is 4.84. The van der Waals surface area contributed by atoms with Crippen molar-refractivity contribution >= 4 is 33.8 Å². The number of furan rings is 1. The lowest BCUT2D eigenvalue weighted by Gasteiger charge is -2.14. The second kappa shape index (κ2) is 7.94. The molecule has 1 amide bonds. The molecule has 2 N–H and O–H groups in total. The molecule has 30 heavy (non-hydrogen) atoms. The van der Waals surface area contributed by atoms with Crippen LogP contribution in [0.5, 0.6) is 0 Å². The second-order valence-corrected chi connectivity index (χ2v) is 7.64. The Labute approximate surface area is 173 Å². The van der Waals surface area contributed by atoms with E-state index in [0.29, 0.717) is 35.0 Å². The zero-order chi connectivity index (χ0) is 21.3. The molecule has 0 saturated heterocycles. The molecular weight excluding hydrogens is 417 g/mol. The van der Waals surface area contributed by atoms with E-state index in [9.17, 15) is 18.0 Å². The van der Waals surface area contributed by atoms with Gasteiger partial charge in [0.15, 0.2) is 10.9 Å². The molecule has 0 unspecified atom stereocenters. The van der Waals surface area contributed by atoms with E-state index in [0.717, 1.165) is 24.1 Å². The maximum absolute atomic E-state index is 12.9. The van der Waals surface area contributed by atoms with E-state index in [2.05, 4.69) is 20.8 Å². The van der Waals surface area contributed by atoms with E-state index in [1.165, 1.54) is 23.5 Å². The Hall–Kier alpha value is -3.14. The van der Waals surface area contributed by atoms with Crippen molar-refractivity contribution in [1.82, 2.24) is 4.98 Å². The summed E-state index contributed by atoms with van der Waals surface area (Å²) in [5.41, 5.74) is 4.19. The highest BCUT2D eigenvalue weighted by Crippen LogP contribution is 2.32. The molecular formula is C20H17F3N4O2S. The minimum absolute atomic E-state index is 0.184. The van der Waals surface area contributed by atoms with Gasteiger partial charge in [0.2, 0.25) is 0 Å². The predicted molar refractivity (Wildman–Crippen MR) is 108 cm³/mol. The monoisotopic (exact) mass is 434 g/mol. The molecule has 4 rings (SSSR count).